The Balaban J connectivity index is 1.39. The number of anilines is 1. The van der Waals surface area contributed by atoms with Crippen molar-refractivity contribution in [3.63, 3.8) is 0 Å². The van der Waals surface area contributed by atoms with Crippen LogP contribution in [0.15, 0.2) is 54.6 Å². The van der Waals surface area contributed by atoms with Gasteiger partial charge in [0.2, 0.25) is 5.91 Å². The highest BCUT2D eigenvalue weighted by molar-refractivity contribution is 5.83. The van der Waals surface area contributed by atoms with E-state index < -0.39 is 6.04 Å². The Morgan fingerprint density at radius 3 is 2.44 bits per heavy atom. The molecule has 2 heterocycles. The smallest absolute Gasteiger partial charge is 0.237 e. The number of hydrogen-bond donors (Lipinski definition) is 4. The lowest BCUT2D eigenvalue weighted by molar-refractivity contribution is -0.123. The van der Waals surface area contributed by atoms with Crippen LogP contribution in [-0.4, -0.2) is 49.6 Å². The van der Waals surface area contributed by atoms with Crippen LogP contribution in [0.3, 0.4) is 0 Å². The van der Waals surface area contributed by atoms with Gasteiger partial charge in [-0.25, -0.2) is 0 Å². The molecule has 2 unspecified atom stereocenters. The zero-order chi connectivity index (χ0) is 27.4. The third-order valence-corrected chi connectivity index (χ3v) is 8.19. The van der Waals surface area contributed by atoms with Gasteiger partial charge in [0.1, 0.15) is 0 Å². The molecule has 2 aliphatic rings. The van der Waals surface area contributed by atoms with Crippen molar-refractivity contribution in [2.45, 2.75) is 58.7 Å². The third-order valence-electron chi connectivity index (χ3n) is 8.19. The van der Waals surface area contributed by atoms with Crippen molar-refractivity contribution in [3.05, 3.63) is 99.1 Å². The van der Waals surface area contributed by atoms with Crippen molar-refractivity contribution in [1.29, 1.82) is 0 Å². The summed E-state index contributed by atoms with van der Waals surface area (Å²) < 4.78 is 0. The topological polar surface area (TPSA) is 82.4 Å². The van der Waals surface area contributed by atoms with Crippen molar-refractivity contribution >= 4 is 11.6 Å². The molecule has 0 radical (unpaired) electrons. The molecule has 6 heteroatoms. The lowest BCUT2D eigenvalue weighted by Gasteiger charge is -2.33. The lowest BCUT2D eigenvalue weighted by atomic mass is 9.89. The molecule has 206 valence electrons. The molecular formula is C33H43N5O. The Morgan fingerprint density at radius 2 is 1.72 bits per heavy atom. The van der Waals surface area contributed by atoms with Crippen LogP contribution in [0.4, 0.5) is 5.69 Å². The van der Waals surface area contributed by atoms with E-state index in [-0.39, 0.29) is 11.9 Å². The van der Waals surface area contributed by atoms with Gasteiger partial charge in [-0.1, -0.05) is 60.2 Å². The first-order valence-corrected chi connectivity index (χ1v) is 14.4. The molecule has 39 heavy (non-hydrogen) atoms. The molecule has 5 rings (SSSR count). The molecule has 2 atom stereocenters. The first kappa shape index (κ1) is 27.4. The van der Waals surface area contributed by atoms with Crippen molar-refractivity contribution in [2.24, 2.45) is 5.73 Å². The second-order valence-electron chi connectivity index (χ2n) is 11.4. The summed E-state index contributed by atoms with van der Waals surface area (Å²) in [5, 5.41) is 10.5. The molecule has 1 amide bonds. The van der Waals surface area contributed by atoms with Gasteiger partial charge in [-0.3, -0.25) is 9.69 Å². The van der Waals surface area contributed by atoms with Gasteiger partial charge in [0.15, 0.2) is 0 Å². The molecule has 2 aliphatic heterocycles. The normalized spacial score (nSPS) is 18.2. The molecule has 0 aromatic heterocycles. The van der Waals surface area contributed by atoms with Crippen molar-refractivity contribution in [1.82, 2.24) is 15.5 Å². The summed E-state index contributed by atoms with van der Waals surface area (Å²) in [7, 11) is 0. The van der Waals surface area contributed by atoms with Crippen LogP contribution in [0.5, 0.6) is 0 Å². The molecule has 3 aromatic carbocycles. The SMILES string of the molecule is Cc1cc(C)c(CC(N)C(=O)NC2CCNc3c(CN4CCNCC4)cc(Cc4ccccc4)cc32)c(C)c1. The third kappa shape index (κ3) is 6.70. The maximum atomic E-state index is 13.4. The number of benzene rings is 3. The van der Waals surface area contributed by atoms with E-state index in [1.54, 1.807) is 0 Å². The maximum Gasteiger partial charge on any atom is 0.237 e. The van der Waals surface area contributed by atoms with E-state index in [1.165, 1.54) is 50.2 Å². The van der Waals surface area contributed by atoms with E-state index in [0.29, 0.717) is 6.42 Å². The van der Waals surface area contributed by atoms with Gasteiger partial charge < -0.3 is 21.7 Å². The van der Waals surface area contributed by atoms with E-state index in [9.17, 15) is 4.79 Å². The number of piperazine rings is 1. The first-order valence-electron chi connectivity index (χ1n) is 14.4. The first-order chi connectivity index (χ1) is 18.9. The van der Waals surface area contributed by atoms with Gasteiger partial charge in [-0.15, -0.1) is 0 Å². The molecular weight excluding hydrogens is 482 g/mol. The molecule has 0 spiro atoms. The van der Waals surface area contributed by atoms with E-state index in [1.807, 2.05) is 0 Å². The molecule has 0 aliphatic carbocycles. The average molecular weight is 526 g/mol. The van der Waals surface area contributed by atoms with Gasteiger partial charge >= 0.3 is 0 Å². The summed E-state index contributed by atoms with van der Waals surface area (Å²) in [6.07, 6.45) is 2.26. The summed E-state index contributed by atoms with van der Waals surface area (Å²) in [5.41, 5.74) is 17.6. The fraction of sp³-hybridized carbons (Fsp3) is 0.424. The second-order valence-corrected chi connectivity index (χ2v) is 11.4. The molecule has 1 saturated heterocycles. The zero-order valence-corrected chi connectivity index (χ0v) is 23.6. The van der Waals surface area contributed by atoms with Crippen LogP contribution in [0, 0.1) is 20.8 Å². The number of nitrogens with two attached hydrogens (primary N) is 1. The Bertz CT molecular complexity index is 1280. The molecule has 0 saturated carbocycles. The number of aryl methyl sites for hydroxylation is 3. The number of carbonyl (C=O) groups excluding carboxylic acids is 1. The summed E-state index contributed by atoms with van der Waals surface area (Å²) in [4.78, 5) is 15.9. The summed E-state index contributed by atoms with van der Waals surface area (Å²) in [5.74, 6) is -0.0793. The molecule has 0 bridgehead atoms. The van der Waals surface area contributed by atoms with Crippen molar-refractivity contribution < 1.29 is 4.79 Å². The van der Waals surface area contributed by atoms with Gasteiger partial charge in [0, 0.05) is 45.0 Å². The van der Waals surface area contributed by atoms with E-state index in [0.717, 1.165) is 52.1 Å². The highest BCUT2D eigenvalue weighted by atomic mass is 16.2. The van der Waals surface area contributed by atoms with E-state index in [2.05, 4.69) is 96.2 Å². The quantitative estimate of drug-likeness (QED) is 0.355. The fourth-order valence-corrected chi connectivity index (χ4v) is 6.22. The van der Waals surface area contributed by atoms with Gasteiger partial charge in [-0.2, -0.15) is 0 Å². The molecule has 3 aromatic rings. The molecule has 1 fully saturated rings. The van der Waals surface area contributed by atoms with E-state index in [4.69, 9.17) is 5.73 Å². The van der Waals surface area contributed by atoms with E-state index >= 15 is 0 Å². The standard InChI is InChI=1S/C33H43N5O/c1-22-15-23(2)28(24(3)16-22)20-30(34)33(39)37-31-9-10-36-32-27(21-38-13-11-35-12-14-38)18-26(19-29(31)32)17-25-7-5-4-6-8-25/h4-8,15-16,18-19,30-31,35-36H,9-14,17,20-21,34H2,1-3H3,(H,37,39). The predicted octanol–water partition coefficient (Wildman–Crippen LogP) is 4.15. The number of nitrogens with zero attached hydrogens (tertiary/aromatic N) is 1. The number of amides is 1. The second kappa shape index (κ2) is 12.3. The van der Waals surface area contributed by atoms with Crippen LogP contribution in [0.1, 0.15) is 57.0 Å². The van der Waals surface area contributed by atoms with Crippen LogP contribution in [-0.2, 0) is 24.2 Å². The summed E-state index contributed by atoms with van der Waals surface area (Å²) in [6.45, 7) is 12.2. The number of rotatable bonds is 8. The Hall–Kier alpha value is -3.19. The fourth-order valence-electron chi connectivity index (χ4n) is 6.22. The zero-order valence-electron chi connectivity index (χ0n) is 23.6. The van der Waals surface area contributed by atoms with Gasteiger partial charge in [0.25, 0.3) is 0 Å². The van der Waals surface area contributed by atoms with Gasteiger partial charge in [0.05, 0.1) is 12.1 Å². The Morgan fingerprint density at radius 1 is 1.00 bits per heavy atom. The summed E-state index contributed by atoms with van der Waals surface area (Å²) in [6, 6.07) is 19.0. The average Bonchev–Trinajstić information content (AvgIpc) is 2.92. The van der Waals surface area contributed by atoms with Crippen molar-refractivity contribution in [3.8, 4) is 0 Å². The highest BCUT2D eigenvalue weighted by Gasteiger charge is 2.27. The Labute approximate surface area is 233 Å². The maximum absolute atomic E-state index is 13.4. The molecule has 5 N–H and O–H groups in total. The van der Waals surface area contributed by atoms with Gasteiger partial charge in [-0.05, 0) is 79.0 Å². The lowest BCUT2D eigenvalue weighted by Crippen LogP contribution is -2.45. The van der Waals surface area contributed by atoms with Crippen molar-refractivity contribution in [2.75, 3.05) is 38.0 Å². The number of hydrogen-bond acceptors (Lipinski definition) is 5. The summed E-state index contributed by atoms with van der Waals surface area (Å²) >= 11 is 0. The minimum atomic E-state index is -0.587. The minimum Gasteiger partial charge on any atom is -0.384 e. The number of carbonyl (C=O) groups is 1. The number of nitrogens with one attached hydrogen (secondary N) is 3. The minimum absolute atomic E-state index is 0.0579. The predicted molar refractivity (Wildman–Crippen MR) is 160 cm³/mol. The van der Waals surface area contributed by atoms with Crippen LogP contribution in [0.25, 0.3) is 0 Å². The van der Waals surface area contributed by atoms with Crippen LogP contribution >= 0.6 is 0 Å². The largest absolute Gasteiger partial charge is 0.384 e. The Kier molecular flexibility index (Phi) is 8.66. The highest BCUT2D eigenvalue weighted by Crippen LogP contribution is 2.35. The monoisotopic (exact) mass is 525 g/mol. The number of fused-ring (bicyclic) bond motifs is 1. The van der Waals surface area contributed by atoms with Crippen LogP contribution in [0.2, 0.25) is 0 Å². The van der Waals surface area contributed by atoms with Crippen LogP contribution < -0.4 is 21.7 Å². The molecule has 6 nitrogen and oxygen atoms in total.